The second-order valence-electron chi connectivity index (χ2n) is 7.05. The quantitative estimate of drug-likeness (QED) is 0.647. The second kappa shape index (κ2) is 10.7. The fraction of sp³-hybridized carbons (Fsp3) is 0.417. The van der Waals surface area contributed by atoms with Crippen LogP contribution in [0.4, 0.5) is 0 Å². The molecule has 0 radical (unpaired) electrons. The van der Waals surface area contributed by atoms with Gasteiger partial charge in [-0.25, -0.2) is 0 Å². The smallest absolute Gasteiger partial charge is 0.254 e. The Morgan fingerprint density at radius 2 is 1.16 bits per heavy atom. The van der Waals surface area contributed by atoms with E-state index in [1.807, 2.05) is 51.1 Å². The molecule has 1 aliphatic rings. The normalized spacial score (nSPS) is 13.6. The van der Waals surface area contributed by atoms with Gasteiger partial charge in [0.25, 0.3) is 11.8 Å². The van der Waals surface area contributed by atoms with Gasteiger partial charge in [-0.05, 0) is 45.0 Å². The van der Waals surface area contributed by atoms with Gasteiger partial charge in [0, 0.05) is 37.3 Å². The second-order valence-corrected chi connectivity index (χ2v) is 7.05. The van der Waals surface area contributed by atoms with Crippen molar-refractivity contribution in [3.8, 4) is 17.2 Å². The molecule has 0 spiro atoms. The molecular weight excluding hydrogens is 396 g/mol. The molecule has 2 amide bonds. The van der Waals surface area contributed by atoms with Crippen LogP contribution < -0.4 is 14.2 Å². The molecule has 2 aromatic carbocycles. The Labute approximate surface area is 183 Å². The minimum Gasteiger partial charge on any atom is -0.490 e. The van der Waals surface area contributed by atoms with Crippen LogP contribution in [0.15, 0.2) is 42.5 Å². The third-order valence-electron chi connectivity index (χ3n) is 5.03. The van der Waals surface area contributed by atoms with Gasteiger partial charge in [0.15, 0.2) is 11.5 Å². The van der Waals surface area contributed by atoms with Crippen molar-refractivity contribution >= 4 is 11.8 Å². The Hall–Kier alpha value is -3.22. The molecule has 1 fully saturated rings. The summed E-state index contributed by atoms with van der Waals surface area (Å²) < 4.78 is 17.2. The predicted molar refractivity (Wildman–Crippen MR) is 118 cm³/mol. The molecule has 7 heteroatoms. The summed E-state index contributed by atoms with van der Waals surface area (Å²) in [5.41, 5.74) is 1.15. The van der Waals surface area contributed by atoms with Crippen molar-refractivity contribution < 1.29 is 23.8 Å². The van der Waals surface area contributed by atoms with Crippen molar-refractivity contribution in [2.45, 2.75) is 20.8 Å². The van der Waals surface area contributed by atoms with Crippen molar-refractivity contribution in [1.82, 2.24) is 9.80 Å². The SMILES string of the molecule is CCOc1cc(C(=O)N2CCN(C(=O)c3ccccc3)CC2)cc(OCC)c1OCC. The average Bonchev–Trinajstić information content (AvgIpc) is 2.81. The summed E-state index contributed by atoms with van der Waals surface area (Å²) in [6.07, 6.45) is 0. The Kier molecular flexibility index (Phi) is 7.76. The maximum Gasteiger partial charge on any atom is 0.254 e. The first-order valence-electron chi connectivity index (χ1n) is 10.8. The first kappa shape index (κ1) is 22.5. The average molecular weight is 427 g/mol. The van der Waals surface area contributed by atoms with Crippen molar-refractivity contribution in [2.75, 3.05) is 46.0 Å². The monoisotopic (exact) mass is 426 g/mol. The van der Waals surface area contributed by atoms with Gasteiger partial charge < -0.3 is 24.0 Å². The molecule has 1 heterocycles. The molecule has 31 heavy (non-hydrogen) atoms. The highest BCUT2D eigenvalue weighted by Gasteiger charge is 2.27. The van der Waals surface area contributed by atoms with E-state index in [0.717, 1.165) is 0 Å². The summed E-state index contributed by atoms with van der Waals surface area (Å²) >= 11 is 0. The van der Waals surface area contributed by atoms with E-state index >= 15 is 0 Å². The van der Waals surface area contributed by atoms with Gasteiger partial charge in [-0.1, -0.05) is 18.2 Å². The van der Waals surface area contributed by atoms with Crippen LogP contribution in [0.1, 0.15) is 41.5 Å². The molecule has 3 rings (SSSR count). The van der Waals surface area contributed by atoms with E-state index in [1.54, 1.807) is 21.9 Å². The number of piperazine rings is 1. The van der Waals surface area contributed by atoms with Gasteiger partial charge in [0.2, 0.25) is 5.75 Å². The summed E-state index contributed by atoms with van der Waals surface area (Å²) in [6.45, 7) is 8.94. The molecule has 166 valence electrons. The lowest BCUT2D eigenvalue weighted by molar-refractivity contribution is 0.0535. The molecule has 0 unspecified atom stereocenters. The third kappa shape index (κ3) is 5.29. The minimum atomic E-state index is -0.114. The zero-order chi connectivity index (χ0) is 22.2. The zero-order valence-electron chi connectivity index (χ0n) is 18.4. The number of ether oxygens (including phenoxy) is 3. The Bertz CT molecular complexity index is 865. The van der Waals surface area contributed by atoms with Crippen LogP contribution in [-0.4, -0.2) is 67.6 Å². The van der Waals surface area contributed by atoms with Crippen LogP contribution in [0, 0.1) is 0 Å². The van der Waals surface area contributed by atoms with E-state index in [0.29, 0.717) is 74.4 Å². The minimum absolute atomic E-state index is 0.00831. The van der Waals surface area contributed by atoms with E-state index in [-0.39, 0.29) is 11.8 Å². The van der Waals surface area contributed by atoms with Crippen LogP contribution >= 0.6 is 0 Å². The van der Waals surface area contributed by atoms with Gasteiger partial charge in [-0.3, -0.25) is 9.59 Å². The summed E-state index contributed by atoms with van der Waals surface area (Å²) in [5, 5.41) is 0. The maximum absolute atomic E-state index is 13.2. The molecular formula is C24H30N2O5. The van der Waals surface area contributed by atoms with Gasteiger partial charge in [0.1, 0.15) is 0 Å². The Morgan fingerprint density at radius 1 is 0.710 bits per heavy atom. The van der Waals surface area contributed by atoms with Crippen LogP contribution in [-0.2, 0) is 0 Å². The summed E-state index contributed by atoms with van der Waals surface area (Å²) in [4.78, 5) is 29.4. The molecule has 1 saturated heterocycles. The highest BCUT2D eigenvalue weighted by atomic mass is 16.5. The topological polar surface area (TPSA) is 68.3 Å². The number of carbonyl (C=O) groups is 2. The summed E-state index contributed by atoms with van der Waals surface area (Å²) in [7, 11) is 0. The molecule has 1 aliphatic heterocycles. The molecule has 0 aromatic heterocycles. The lowest BCUT2D eigenvalue weighted by Gasteiger charge is -2.35. The lowest BCUT2D eigenvalue weighted by atomic mass is 10.1. The molecule has 0 aliphatic carbocycles. The summed E-state index contributed by atoms with van der Waals surface area (Å²) in [5.74, 6) is 1.39. The zero-order valence-corrected chi connectivity index (χ0v) is 18.4. The maximum atomic E-state index is 13.2. The van der Waals surface area contributed by atoms with Crippen LogP contribution in [0.3, 0.4) is 0 Å². The third-order valence-corrected chi connectivity index (χ3v) is 5.03. The molecule has 7 nitrogen and oxygen atoms in total. The highest BCUT2D eigenvalue weighted by Crippen LogP contribution is 2.39. The van der Waals surface area contributed by atoms with E-state index in [9.17, 15) is 9.59 Å². The van der Waals surface area contributed by atoms with E-state index in [2.05, 4.69) is 0 Å². The fourth-order valence-corrected chi connectivity index (χ4v) is 3.57. The lowest BCUT2D eigenvalue weighted by Crippen LogP contribution is -2.50. The van der Waals surface area contributed by atoms with Crippen LogP contribution in [0.2, 0.25) is 0 Å². The van der Waals surface area contributed by atoms with E-state index in [4.69, 9.17) is 14.2 Å². The molecule has 0 bridgehead atoms. The number of hydrogen-bond acceptors (Lipinski definition) is 5. The number of hydrogen-bond donors (Lipinski definition) is 0. The standard InChI is InChI=1S/C24H30N2O5/c1-4-29-20-16-19(17-21(30-5-2)22(20)31-6-3)24(28)26-14-12-25(13-15-26)23(27)18-10-8-7-9-11-18/h7-11,16-17H,4-6,12-15H2,1-3H3. The van der Waals surface area contributed by atoms with Crippen molar-refractivity contribution in [3.63, 3.8) is 0 Å². The van der Waals surface area contributed by atoms with Gasteiger partial charge in [0.05, 0.1) is 19.8 Å². The van der Waals surface area contributed by atoms with Gasteiger partial charge in [-0.15, -0.1) is 0 Å². The number of benzene rings is 2. The van der Waals surface area contributed by atoms with E-state index in [1.165, 1.54) is 0 Å². The Morgan fingerprint density at radius 3 is 1.61 bits per heavy atom. The summed E-state index contributed by atoms with van der Waals surface area (Å²) in [6, 6.07) is 12.6. The van der Waals surface area contributed by atoms with Gasteiger partial charge >= 0.3 is 0 Å². The number of carbonyl (C=O) groups excluding carboxylic acids is 2. The number of nitrogens with zero attached hydrogens (tertiary/aromatic N) is 2. The fourth-order valence-electron chi connectivity index (χ4n) is 3.57. The predicted octanol–water partition coefficient (Wildman–Crippen LogP) is 3.48. The van der Waals surface area contributed by atoms with Crippen molar-refractivity contribution in [1.29, 1.82) is 0 Å². The largest absolute Gasteiger partial charge is 0.490 e. The first-order chi connectivity index (χ1) is 15.1. The molecule has 0 saturated carbocycles. The van der Waals surface area contributed by atoms with Crippen LogP contribution in [0.5, 0.6) is 17.2 Å². The Balaban J connectivity index is 1.74. The molecule has 2 aromatic rings. The van der Waals surface area contributed by atoms with Crippen molar-refractivity contribution in [2.24, 2.45) is 0 Å². The van der Waals surface area contributed by atoms with E-state index < -0.39 is 0 Å². The van der Waals surface area contributed by atoms with Crippen LogP contribution in [0.25, 0.3) is 0 Å². The van der Waals surface area contributed by atoms with Crippen molar-refractivity contribution in [3.05, 3.63) is 53.6 Å². The van der Waals surface area contributed by atoms with Gasteiger partial charge in [-0.2, -0.15) is 0 Å². The highest BCUT2D eigenvalue weighted by molar-refractivity contribution is 5.97. The first-order valence-corrected chi connectivity index (χ1v) is 10.8. The number of rotatable bonds is 8. The molecule has 0 atom stereocenters. The number of amides is 2. The molecule has 0 N–H and O–H groups in total.